The maximum Gasteiger partial charge on any atom is 0.307 e. The number of amides is 1. The monoisotopic (exact) mass is 500 g/mol. The summed E-state index contributed by atoms with van der Waals surface area (Å²) in [6.07, 6.45) is 2.73. The Morgan fingerprint density at radius 2 is 1.94 bits per heavy atom. The molecule has 8 nitrogen and oxygen atoms in total. The number of hydrogen-bond donors (Lipinski definition) is 2. The van der Waals surface area contributed by atoms with Crippen molar-refractivity contribution in [2.24, 2.45) is 0 Å². The number of carbonyl (C=O) groups is 2. The molecule has 0 radical (unpaired) electrons. The van der Waals surface area contributed by atoms with Crippen molar-refractivity contribution < 1.29 is 28.4 Å². The number of aliphatic carboxylic acids is 1. The maximum atomic E-state index is 13.2. The normalized spacial score (nSPS) is 10.8. The lowest BCUT2D eigenvalue weighted by Crippen LogP contribution is -2.28. The Labute approximate surface area is 204 Å². The smallest absolute Gasteiger partial charge is 0.307 e. The molecule has 10 heteroatoms. The molecule has 1 amide bonds. The zero-order valence-corrected chi connectivity index (χ0v) is 19.1. The molecular formula is C24H18Cl2N2O6. The van der Waals surface area contributed by atoms with Crippen LogP contribution in [0.4, 0.5) is 0 Å². The number of furan rings is 1. The molecule has 0 fully saturated rings. The molecule has 0 aliphatic carbocycles. The van der Waals surface area contributed by atoms with Crippen LogP contribution in [0.25, 0.3) is 22.6 Å². The molecular weight excluding hydrogens is 483 g/mol. The largest absolute Gasteiger partial charge is 0.490 e. The van der Waals surface area contributed by atoms with Crippen LogP contribution in [0, 0.1) is 0 Å². The van der Waals surface area contributed by atoms with E-state index in [2.05, 4.69) is 10.5 Å². The van der Waals surface area contributed by atoms with Gasteiger partial charge < -0.3 is 24.1 Å². The molecule has 4 rings (SSSR count). The Balaban J connectivity index is 1.55. The number of nitrogens with one attached hydrogen (secondary N) is 1. The minimum absolute atomic E-state index is 0.156. The first kappa shape index (κ1) is 23.4. The molecule has 0 unspecified atom stereocenters. The Morgan fingerprint density at radius 1 is 1.09 bits per heavy atom. The first-order valence-electron chi connectivity index (χ1n) is 10.1. The highest BCUT2D eigenvalue weighted by atomic mass is 35.5. The molecule has 0 bridgehead atoms. The van der Waals surface area contributed by atoms with E-state index >= 15 is 0 Å². The third kappa shape index (κ3) is 5.41. The van der Waals surface area contributed by atoms with Crippen LogP contribution in [-0.2, 0) is 11.2 Å². The van der Waals surface area contributed by atoms with E-state index in [4.69, 9.17) is 42.0 Å². The number of ether oxygens (including phenoxy) is 1. The van der Waals surface area contributed by atoms with Crippen LogP contribution >= 0.6 is 23.2 Å². The molecule has 0 atom stereocenters. The van der Waals surface area contributed by atoms with E-state index in [9.17, 15) is 9.59 Å². The Kier molecular flexibility index (Phi) is 7.20. The fraction of sp³-hybridized carbons (Fsp3) is 0.125. The Bertz CT molecular complexity index is 1320. The summed E-state index contributed by atoms with van der Waals surface area (Å²) >= 11 is 12.0. The molecule has 0 saturated carbocycles. The summed E-state index contributed by atoms with van der Waals surface area (Å²) in [4.78, 5) is 24.3. The third-order valence-corrected chi connectivity index (χ3v) is 5.33. The van der Waals surface area contributed by atoms with Crippen molar-refractivity contribution in [3.63, 3.8) is 0 Å². The van der Waals surface area contributed by atoms with Gasteiger partial charge in [0, 0.05) is 10.6 Å². The number of carbonyl (C=O) groups excluding carboxylic acids is 1. The van der Waals surface area contributed by atoms with Gasteiger partial charge in [0.1, 0.15) is 29.9 Å². The summed E-state index contributed by atoms with van der Waals surface area (Å²) in [6.45, 7) is 0.329. The molecule has 2 heterocycles. The quantitative estimate of drug-likeness (QED) is 0.298. The van der Waals surface area contributed by atoms with Crippen LogP contribution in [0.1, 0.15) is 15.9 Å². The number of rotatable bonds is 9. The van der Waals surface area contributed by atoms with E-state index in [1.165, 1.54) is 12.5 Å². The Hall–Kier alpha value is -3.75. The molecule has 0 aliphatic heterocycles. The molecule has 0 saturated heterocycles. The summed E-state index contributed by atoms with van der Waals surface area (Å²) < 4.78 is 16.2. The third-order valence-electron chi connectivity index (χ3n) is 4.80. The molecule has 34 heavy (non-hydrogen) atoms. The summed E-state index contributed by atoms with van der Waals surface area (Å²) in [5.41, 5.74) is 2.12. The highest BCUT2D eigenvalue weighted by Gasteiger charge is 2.26. The molecule has 2 N–H and O–H groups in total. The van der Waals surface area contributed by atoms with Crippen LogP contribution in [0.5, 0.6) is 5.75 Å². The number of benzene rings is 2. The summed E-state index contributed by atoms with van der Waals surface area (Å²) in [6, 6.07) is 13.3. The van der Waals surface area contributed by atoms with Crippen molar-refractivity contribution in [3.8, 4) is 28.3 Å². The molecule has 0 aliphatic rings. The lowest BCUT2D eigenvalue weighted by Gasteiger charge is -2.10. The highest BCUT2D eigenvalue weighted by Crippen LogP contribution is 2.33. The number of nitrogens with zero attached hydrogens (tertiary/aromatic N) is 1. The van der Waals surface area contributed by atoms with Crippen molar-refractivity contribution in [2.75, 3.05) is 13.2 Å². The number of carboxylic acids is 1. The van der Waals surface area contributed by atoms with Crippen LogP contribution in [0.15, 0.2) is 70.0 Å². The van der Waals surface area contributed by atoms with E-state index in [-0.39, 0.29) is 36.6 Å². The lowest BCUT2D eigenvalue weighted by atomic mass is 10.0. The molecule has 2 aromatic heterocycles. The second-order valence-corrected chi connectivity index (χ2v) is 8.04. The summed E-state index contributed by atoms with van der Waals surface area (Å²) in [5, 5.41) is 16.8. The number of hydrogen-bond acceptors (Lipinski definition) is 6. The van der Waals surface area contributed by atoms with Gasteiger partial charge in [0.15, 0.2) is 5.76 Å². The van der Waals surface area contributed by atoms with Crippen molar-refractivity contribution in [2.45, 2.75) is 6.42 Å². The first-order chi connectivity index (χ1) is 16.4. The first-order valence-corrected chi connectivity index (χ1v) is 10.9. The zero-order valence-electron chi connectivity index (χ0n) is 17.6. The summed E-state index contributed by atoms with van der Waals surface area (Å²) in [5.74, 6) is -0.732. The van der Waals surface area contributed by atoms with Gasteiger partial charge in [-0.1, -0.05) is 46.6 Å². The predicted molar refractivity (Wildman–Crippen MR) is 125 cm³/mol. The zero-order chi connectivity index (χ0) is 24.1. The average molecular weight is 501 g/mol. The van der Waals surface area contributed by atoms with E-state index < -0.39 is 11.9 Å². The van der Waals surface area contributed by atoms with Crippen LogP contribution in [0.2, 0.25) is 10.0 Å². The van der Waals surface area contributed by atoms with E-state index in [0.29, 0.717) is 32.5 Å². The van der Waals surface area contributed by atoms with E-state index in [1.807, 2.05) is 0 Å². The van der Waals surface area contributed by atoms with Gasteiger partial charge >= 0.3 is 5.97 Å². The lowest BCUT2D eigenvalue weighted by molar-refractivity contribution is -0.136. The van der Waals surface area contributed by atoms with Crippen molar-refractivity contribution in [3.05, 3.63) is 82.2 Å². The van der Waals surface area contributed by atoms with Crippen molar-refractivity contribution >= 4 is 35.1 Å². The minimum Gasteiger partial charge on any atom is -0.490 e. The minimum atomic E-state index is -0.963. The van der Waals surface area contributed by atoms with Gasteiger partial charge in [0.05, 0.1) is 29.8 Å². The summed E-state index contributed by atoms with van der Waals surface area (Å²) in [7, 11) is 0. The molecule has 0 spiro atoms. The molecule has 2 aromatic carbocycles. The van der Waals surface area contributed by atoms with Crippen molar-refractivity contribution in [1.82, 2.24) is 10.5 Å². The number of carboxylic acid groups (broad SMARTS) is 1. The standard InChI is InChI=1S/C24H18Cl2N2O6/c25-17-4-5-19(18(26)12-17)33-9-7-27-24(31)21-22(28-34-23(21)16-6-8-32-13-16)15-3-1-2-14(10-15)11-20(29)30/h1-6,8,10,12-13H,7,9,11H2,(H,27,31)(H,29,30). The van der Waals surface area contributed by atoms with Gasteiger partial charge in [-0.05, 0) is 35.9 Å². The topological polar surface area (TPSA) is 115 Å². The van der Waals surface area contributed by atoms with Gasteiger partial charge in [-0.25, -0.2) is 0 Å². The van der Waals surface area contributed by atoms with Crippen LogP contribution in [-0.4, -0.2) is 35.3 Å². The fourth-order valence-electron chi connectivity index (χ4n) is 3.30. The van der Waals surface area contributed by atoms with Crippen LogP contribution in [0.3, 0.4) is 0 Å². The molecule has 174 valence electrons. The maximum absolute atomic E-state index is 13.2. The van der Waals surface area contributed by atoms with Gasteiger partial charge in [0.25, 0.3) is 5.91 Å². The van der Waals surface area contributed by atoms with Gasteiger partial charge in [0.2, 0.25) is 0 Å². The van der Waals surface area contributed by atoms with E-state index in [1.54, 1.807) is 48.5 Å². The predicted octanol–water partition coefficient (Wildman–Crippen LogP) is 5.34. The fourth-order valence-corrected chi connectivity index (χ4v) is 3.76. The van der Waals surface area contributed by atoms with E-state index in [0.717, 1.165) is 0 Å². The average Bonchev–Trinajstić information content (AvgIpc) is 3.47. The molecule has 4 aromatic rings. The van der Waals surface area contributed by atoms with Gasteiger partial charge in [-0.2, -0.15) is 0 Å². The highest BCUT2D eigenvalue weighted by molar-refractivity contribution is 6.35. The van der Waals surface area contributed by atoms with Crippen molar-refractivity contribution in [1.29, 1.82) is 0 Å². The SMILES string of the molecule is O=C(O)Cc1cccc(-c2noc(-c3ccoc3)c2C(=O)NCCOc2ccc(Cl)cc2Cl)c1. The van der Waals surface area contributed by atoms with Gasteiger partial charge in [-0.3, -0.25) is 9.59 Å². The number of halogens is 2. The van der Waals surface area contributed by atoms with Crippen LogP contribution < -0.4 is 10.1 Å². The second-order valence-electron chi connectivity index (χ2n) is 7.20. The van der Waals surface area contributed by atoms with Gasteiger partial charge in [-0.15, -0.1) is 0 Å². The number of aromatic nitrogens is 1. The second kappa shape index (κ2) is 10.5. The Morgan fingerprint density at radius 3 is 2.68 bits per heavy atom.